The number of nitrogen functional groups attached to an aromatic ring is 1. The molecule has 0 amide bonds. The molecule has 0 heterocycles. The predicted molar refractivity (Wildman–Crippen MR) is 47.1 cm³/mol. The van der Waals surface area contributed by atoms with Gasteiger partial charge in [-0.1, -0.05) is 0 Å². The van der Waals surface area contributed by atoms with Gasteiger partial charge in [0.1, 0.15) is 5.82 Å². The molecule has 7 heteroatoms. The lowest BCUT2D eigenvalue weighted by Crippen LogP contribution is -2.20. The first-order valence-electron chi connectivity index (χ1n) is 4.08. The maximum atomic E-state index is 12.7. The van der Waals surface area contributed by atoms with Crippen LogP contribution in [0, 0.1) is 5.82 Å². The Kier molecular flexibility index (Phi) is 3.36. The molecule has 0 aliphatic carbocycles. The van der Waals surface area contributed by atoms with E-state index in [1.54, 1.807) is 0 Å². The second kappa shape index (κ2) is 4.38. The van der Waals surface area contributed by atoms with E-state index in [4.69, 9.17) is 5.73 Å². The van der Waals surface area contributed by atoms with Crippen LogP contribution in [0.1, 0.15) is 10.4 Å². The van der Waals surface area contributed by atoms with E-state index >= 15 is 0 Å². The zero-order chi connectivity index (χ0) is 12.3. The number of alkyl halides is 3. The number of carbonyl (C=O) groups is 1. The van der Waals surface area contributed by atoms with Gasteiger partial charge in [-0.3, -0.25) is 0 Å². The lowest BCUT2D eigenvalue weighted by Gasteiger charge is -2.08. The lowest BCUT2D eigenvalue weighted by atomic mass is 10.2. The topological polar surface area (TPSA) is 52.3 Å². The summed E-state index contributed by atoms with van der Waals surface area (Å²) < 4.78 is 51.8. The average molecular weight is 237 g/mol. The maximum absolute atomic E-state index is 12.7. The molecule has 1 aromatic rings. The molecule has 1 rings (SSSR count). The molecule has 0 aliphatic rings. The number of ether oxygens (including phenoxy) is 1. The Morgan fingerprint density at radius 1 is 1.38 bits per heavy atom. The molecule has 0 unspecified atom stereocenters. The van der Waals surface area contributed by atoms with E-state index < -0.39 is 24.6 Å². The number of hydrogen-bond donors (Lipinski definition) is 1. The highest BCUT2D eigenvalue weighted by atomic mass is 19.4. The van der Waals surface area contributed by atoms with Crippen molar-refractivity contribution in [2.45, 2.75) is 6.18 Å². The SMILES string of the molecule is Nc1cc(C(=O)OCC(F)(F)F)ccc1F. The number of nitrogens with two attached hydrogens (primary N) is 1. The van der Waals surface area contributed by atoms with E-state index in [9.17, 15) is 22.4 Å². The van der Waals surface area contributed by atoms with Gasteiger partial charge in [-0.15, -0.1) is 0 Å². The van der Waals surface area contributed by atoms with Crippen LogP contribution < -0.4 is 5.73 Å². The molecule has 88 valence electrons. The minimum absolute atomic E-state index is 0.233. The summed E-state index contributed by atoms with van der Waals surface area (Å²) in [7, 11) is 0. The molecule has 0 aromatic heterocycles. The van der Waals surface area contributed by atoms with Crippen LogP contribution in [0.2, 0.25) is 0 Å². The van der Waals surface area contributed by atoms with Gasteiger partial charge in [0.15, 0.2) is 6.61 Å². The largest absolute Gasteiger partial charge is 0.452 e. The molecule has 0 bridgehead atoms. The van der Waals surface area contributed by atoms with Gasteiger partial charge in [0.05, 0.1) is 11.3 Å². The number of benzene rings is 1. The molecule has 0 spiro atoms. The van der Waals surface area contributed by atoms with Gasteiger partial charge >= 0.3 is 12.1 Å². The minimum atomic E-state index is -4.60. The third-order valence-electron chi connectivity index (χ3n) is 1.60. The van der Waals surface area contributed by atoms with Gasteiger partial charge in [0.2, 0.25) is 0 Å². The molecule has 0 saturated heterocycles. The highest BCUT2D eigenvalue weighted by Gasteiger charge is 2.29. The third kappa shape index (κ3) is 3.41. The van der Waals surface area contributed by atoms with E-state index in [1.807, 2.05) is 0 Å². The molecule has 1 aromatic carbocycles. The number of anilines is 1. The number of hydrogen-bond acceptors (Lipinski definition) is 3. The summed E-state index contributed by atoms with van der Waals surface area (Å²) in [5.41, 5.74) is 4.57. The van der Waals surface area contributed by atoms with E-state index in [-0.39, 0.29) is 11.3 Å². The van der Waals surface area contributed by atoms with E-state index in [1.165, 1.54) is 0 Å². The summed E-state index contributed by atoms with van der Waals surface area (Å²) in [6.45, 7) is -1.69. The summed E-state index contributed by atoms with van der Waals surface area (Å²) in [6.07, 6.45) is -4.60. The molecular formula is C9H7F4NO2. The fraction of sp³-hybridized carbons (Fsp3) is 0.222. The first-order valence-corrected chi connectivity index (χ1v) is 4.08. The highest BCUT2D eigenvalue weighted by Crippen LogP contribution is 2.17. The molecule has 2 N–H and O–H groups in total. The summed E-state index contributed by atoms with van der Waals surface area (Å²) in [5, 5.41) is 0. The van der Waals surface area contributed by atoms with E-state index in [0.717, 1.165) is 18.2 Å². The standard InChI is InChI=1S/C9H7F4NO2/c10-6-2-1-5(3-7(6)14)8(15)16-4-9(11,12)13/h1-3H,4,14H2. The zero-order valence-corrected chi connectivity index (χ0v) is 7.84. The smallest absolute Gasteiger partial charge is 0.422 e. The first kappa shape index (κ1) is 12.3. The summed E-state index contributed by atoms with van der Waals surface area (Å²) in [6, 6.07) is 2.78. The van der Waals surface area contributed by atoms with Crippen molar-refractivity contribution in [2.24, 2.45) is 0 Å². The normalized spacial score (nSPS) is 11.2. The van der Waals surface area contributed by atoms with Gasteiger partial charge in [-0.05, 0) is 18.2 Å². The zero-order valence-electron chi connectivity index (χ0n) is 7.84. The fourth-order valence-electron chi connectivity index (χ4n) is 0.901. The molecule has 0 atom stereocenters. The molecule has 0 radical (unpaired) electrons. The Labute approximate surface area is 87.8 Å². The van der Waals surface area contributed by atoms with Crippen LogP contribution in [0.3, 0.4) is 0 Å². The van der Waals surface area contributed by atoms with Gasteiger partial charge in [-0.25, -0.2) is 9.18 Å². The van der Waals surface area contributed by atoms with E-state index in [2.05, 4.69) is 4.74 Å². The Morgan fingerprint density at radius 3 is 2.50 bits per heavy atom. The number of carbonyl (C=O) groups excluding carboxylic acids is 1. The Bertz CT molecular complexity index is 403. The van der Waals surface area contributed by atoms with Crippen molar-refractivity contribution < 1.29 is 27.1 Å². The minimum Gasteiger partial charge on any atom is -0.452 e. The summed E-state index contributed by atoms with van der Waals surface area (Å²) >= 11 is 0. The average Bonchev–Trinajstić information content (AvgIpc) is 2.17. The number of rotatable bonds is 2. The first-order chi connectivity index (χ1) is 7.29. The summed E-state index contributed by atoms with van der Waals surface area (Å²) in [5.74, 6) is -1.96. The van der Waals surface area contributed by atoms with Crippen molar-refractivity contribution in [3.05, 3.63) is 29.6 Å². The van der Waals surface area contributed by atoms with Crippen molar-refractivity contribution in [2.75, 3.05) is 12.3 Å². The van der Waals surface area contributed by atoms with Gasteiger partial charge < -0.3 is 10.5 Å². The van der Waals surface area contributed by atoms with Crippen LogP contribution in [-0.4, -0.2) is 18.8 Å². The van der Waals surface area contributed by atoms with Crippen LogP contribution in [0.25, 0.3) is 0 Å². The monoisotopic (exact) mass is 237 g/mol. The van der Waals surface area contributed by atoms with Crippen LogP contribution >= 0.6 is 0 Å². The third-order valence-corrected chi connectivity index (χ3v) is 1.60. The molecule has 16 heavy (non-hydrogen) atoms. The van der Waals surface area contributed by atoms with Crippen LogP contribution in [-0.2, 0) is 4.74 Å². The maximum Gasteiger partial charge on any atom is 0.422 e. The van der Waals surface area contributed by atoms with Gasteiger partial charge in [0.25, 0.3) is 0 Å². The molecular weight excluding hydrogens is 230 g/mol. The van der Waals surface area contributed by atoms with Gasteiger partial charge in [-0.2, -0.15) is 13.2 Å². The van der Waals surface area contributed by atoms with Crippen molar-refractivity contribution >= 4 is 11.7 Å². The highest BCUT2D eigenvalue weighted by molar-refractivity contribution is 5.90. The second-order valence-electron chi connectivity index (χ2n) is 2.93. The molecule has 0 aliphatic heterocycles. The molecule has 0 saturated carbocycles. The van der Waals surface area contributed by atoms with Crippen molar-refractivity contribution in [3.63, 3.8) is 0 Å². The van der Waals surface area contributed by atoms with Gasteiger partial charge in [0, 0.05) is 0 Å². The molecule has 0 fully saturated rings. The number of halogens is 4. The molecule has 3 nitrogen and oxygen atoms in total. The van der Waals surface area contributed by atoms with Crippen LogP contribution in [0.15, 0.2) is 18.2 Å². The quantitative estimate of drug-likeness (QED) is 0.487. The van der Waals surface area contributed by atoms with Crippen molar-refractivity contribution in [1.82, 2.24) is 0 Å². The Morgan fingerprint density at radius 2 is 2.00 bits per heavy atom. The fourth-order valence-corrected chi connectivity index (χ4v) is 0.901. The Balaban J connectivity index is 2.70. The predicted octanol–water partition coefficient (Wildman–Crippen LogP) is 2.13. The summed E-state index contributed by atoms with van der Waals surface area (Å²) in [4.78, 5) is 11.1. The Hall–Kier alpha value is -1.79. The number of esters is 1. The van der Waals surface area contributed by atoms with Crippen LogP contribution in [0.5, 0.6) is 0 Å². The van der Waals surface area contributed by atoms with Crippen molar-refractivity contribution in [1.29, 1.82) is 0 Å². The van der Waals surface area contributed by atoms with Crippen molar-refractivity contribution in [3.8, 4) is 0 Å². The van der Waals surface area contributed by atoms with E-state index in [0.29, 0.717) is 0 Å². The second-order valence-corrected chi connectivity index (χ2v) is 2.93. The van der Waals surface area contributed by atoms with Crippen LogP contribution in [0.4, 0.5) is 23.2 Å². The lowest BCUT2D eigenvalue weighted by molar-refractivity contribution is -0.161.